The van der Waals surface area contributed by atoms with Gasteiger partial charge in [-0.05, 0) is 37.1 Å². The molecule has 20 heavy (non-hydrogen) atoms. The number of rotatable bonds is 3. The molecule has 0 saturated heterocycles. The molecule has 0 unspecified atom stereocenters. The van der Waals surface area contributed by atoms with Gasteiger partial charge in [0.1, 0.15) is 0 Å². The summed E-state index contributed by atoms with van der Waals surface area (Å²) >= 11 is 0. The zero-order chi connectivity index (χ0) is 13.8. The van der Waals surface area contributed by atoms with Crippen LogP contribution in [0.4, 0.5) is 5.69 Å². The first kappa shape index (κ1) is 12.9. The standard InChI is InChI=1S/C18H19NO/c20-18(15-9-3-1-4-10-15)19(17-13-7-8-14-17)16-11-5-2-6-12-16/h1-6,9-12,17H,7-8,13-14H2. The van der Waals surface area contributed by atoms with Crippen molar-refractivity contribution < 1.29 is 4.79 Å². The van der Waals surface area contributed by atoms with Gasteiger partial charge in [0.25, 0.3) is 5.91 Å². The molecule has 0 aromatic heterocycles. The zero-order valence-electron chi connectivity index (χ0n) is 11.5. The Morgan fingerprint density at radius 3 is 2.00 bits per heavy atom. The zero-order valence-corrected chi connectivity index (χ0v) is 11.5. The average Bonchev–Trinajstić information content (AvgIpc) is 3.03. The molecule has 2 aromatic rings. The lowest BCUT2D eigenvalue weighted by atomic mass is 10.1. The predicted molar refractivity (Wildman–Crippen MR) is 81.9 cm³/mol. The van der Waals surface area contributed by atoms with Crippen molar-refractivity contribution in [2.75, 3.05) is 4.90 Å². The summed E-state index contributed by atoms with van der Waals surface area (Å²) in [6.07, 6.45) is 4.65. The van der Waals surface area contributed by atoms with Gasteiger partial charge in [0.2, 0.25) is 0 Å². The van der Waals surface area contributed by atoms with Crippen molar-refractivity contribution in [2.45, 2.75) is 31.7 Å². The molecule has 0 heterocycles. The Morgan fingerprint density at radius 2 is 1.40 bits per heavy atom. The van der Waals surface area contributed by atoms with Gasteiger partial charge in [-0.2, -0.15) is 0 Å². The second-order valence-electron chi connectivity index (χ2n) is 5.32. The SMILES string of the molecule is O=C(c1ccccc1)N(c1ccccc1)C1CCCC1. The fraction of sp³-hybridized carbons (Fsp3) is 0.278. The second kappa shape index (κ2) is 5.91. The Morgan fingerprint density at radius 1 is 0.850 bits per heavy atom. The van der Waals surface area contributed by atoms with Gasteiger partial charge in [0.15, 0.2) is 0 Å². The van der Waals surface area contributed by atoms with Crippen molar-refractivity contribution >= 4 is 11.6 Å². The van der Waals surface area contributed by atoms with E-state index in [2.05, 4.69) is 0 Å². The fourth-order valence-electron chi connectivity index (χ4n) is 2.96. The lowest BCUT2D eigenvalue weighted by Crippen LogP contribution is -2.39. The minimum Gasteiger partial charge on any atom is -0.305 e. The van der Waals surface area contributed by atoms with Gasteiger partial charge in [0.05, 0.1) is 0 Å². The molecule has 2 heteroatoms. The van der Waals surface area contributed by atoms with E-state index in [-0.39, 0.29) is 5.91 Å². The summed E-state index contributed by atoms with van der Waals surface area (Å²) < 4.78 is 0. The maximum atomic E-state index is 12.9. The van der Waals surface area contributed by atoms with Crippen molar-refractivity contribution in [3.63, 3.8) is 0 Å². The van der Waals surface area contributed by atoms with Gasteiger partial charge >= 0.3 is 0 Å². The van der Waals surface area contributed by atoms with Crippen LogP contribution in [0, 0.1) is 0 Å². The van der Waals surface area contributed by atoms with Crippen LogP contribution in [0.2, 0.25) is 0 Å². The molecule has 1 fully saturated rings. The van der Waals surface area contributed by atoms with E-state index in [1.807, 2.05) is 65.6 Å². The fourth-order valence-corrected chi connectivity index (χ4v) is 2.96. The van der Waals surface area contributed by atoms with E-state index >= 15 is 0 Å². The molecule has 2 nitrogen and oxygen atoms in total. The minimum atomic E-state index is 0.115. The highest BCUT2D eigenvalue weighted by Crippen LogP contribution is 2.29. The number of benzene rings is 2. The van der Waals surface area contributed by atoms with E-state index < -0.39 is 0 Å². The molecule has 3 rings (SSSR count). The van der Waals surface area contributed by atoms with E-state index in [4.69, 9.17) is 0 Å². The quantitative estimate of drug-likeness (QED) is 0.811. The molecule has 1 aliphatic carbocycles. The van der Waals surface area contributed by atoms with Crippen molar-refractivity contribution in [2.24, 2.45) is 0 Å². The number of hydrogen-bond acceptors (Lipinski definition) is 1. The van der Waals surface area contributed by atoms with E-state index in [0.717, 1.165) is 24.1 Å². The minimum absolute atomic E-state index is 0.115. The molecule has 0 spiro atoms. The van der Waals surface area contributed by atoms with E-state index in [0.29, 0.717) is 6.04 Å². The predicted octanol–water partition coefficient (Wildman–Crippen LogP) is 4.28. The van der Waals surface area contributed by atoms with Crippen LogP contribution in [-0.2, 0) is 0 Å². The molecule has 1 aliphatic rings. The Bertz CT molecular complexity index is 558. The van der Waals surface area contributed by atoms with Crippen molar-refractivity contribution in [3.8, 4) is 0 Å². The smallest absolute Gasteiger partial charge is 0.258 e. The van der Waals surface area contributed by atoms with Gasteiger partial charge in [0, 0.05) is 17.3 Å². The Hall–Kier alpha value is -2.09. The van der Waals surface area contributed by atoms with Gasteiger partial charge < -0.3 is 4.90 Å². The molecule has 2 aromatic carbocycles. The van der Waals surface area contributed by atoms with Crippen LogP contribution in [0.5, 0.6) is 0 Å². The van der Waals surface area contributed by atoms with E-state index in [1.54, 1.807) is 0 Å². The number of nitrogens with zero attached hydrogens (tertiary/aromatic N) is 1. The summed E-state index contributed by atoms with van der Waals surface area (Å²) in [5.74, 6) is 0.115. The van der Waals surface area contributed by atoms with E-state index in [9.17, 15) is 4.79 Å². The van der Waals surface area contributed by atoms with Crippen LogP contribution in [0.3, 0.4) is 0 Å². The normalized spacial score (nSPS) is 15.2. The van der Waals surface area contributed by atoms with Crippen LogP contribution < -0.4 is 4.90 Å². The molecular formula is C18H19NO. The lowest BCUT2D eigenvalue weighted by Gasteiger charge is -2.29. The van der Waals surface area contributed by atoms with Crippen LogP contribution in [0.15, 0.2) is 60.7 Å². The highest BCUT2D eigenvalue weighted by atomic mass is 16.2. The summed E-state index contributed by atoms with van der Waals surface area (Å²) in [7, 11) is 0. The Balaban J connectivity index is 1.95. The summed E-state index contributed by atoms with van der Waals surface area (Å²) in [4.78, 5) is 14.8. The first-order valence-electron chi connectivity index (χ1n) is 7.30. The molecule has 0 bridgehead atoms. The third-order valence-electron chi connectivity index (χ3n) is 3.96. The van der Waals surface area contributed by atoms with Crippen molar-refractivity contribution in [3.05, 3.63) is 66.2 Å². The van der Waals surface area contributed by atoms with Gasteiger partial charge in [-0.3, -0.25) is 4.79 Å². The topological polar surface area (TPSA) is 20.3 Å². The Kier molecular flexibility index (Phi) is 3.82. The number of carbonyl (C=O) groups is 1. The average molecular weight is 265 g/mol. The molecular weight excluding hydrogens is 246 g/mol. The van der Waals surface area contributed by atoms with Crippen molar-refractivity contribution in [1.29, 1.82) is 0 Å². The molecule has 1 saturated carbocycles. The van der Waals surface area contributed by atoms with Crippen LogP contribution >= 0.6 is 0 Å². The summed E-state index contributed by atoms with van der Waals surface area (Å²) in [5.41, 5.74) is 1.77. The van der Waals surface area contributed by atoms with Crippen molar-refractivity contribution in [1.82, 2.24) is 0 Å². The number of amides is 1. The van der Waals surface area contributed by atoms with Gasteiger partial charge in [-0.15, -0.1) is 0 Å². The number of para-hydroxylation sites is 1. The monoisotopic (exact) mass is 265 g/mol. The highest BCUT2D eigenvalue weighted by molar-refractivity contribution is 6.06. The molecule has 0 radical (unpaired) electrons. The molecule has 1 amide bonds. The number of anilines is 1. The summed E-state index contributed by atoms with van der Waals surface area (Å²) in [6, 6.07) is 20.0. The highest BCUT2D eigenvalue weighted by Gasteiger charge is 2.28. The van der Waals surface area contributed by atoms with Gasteiger partial charge in [-0.1, -0.05) is 49.2 Å². The Labute approximate surface area is 120 Å². The van der Waals surface area contributed by atoms with Crippen LogP contribution in [0.25, 0.3) is 0 Å². The lowest BCUT2D eigenvalue weighted by molar-refractivity contribution is 0.0977. The summed E-state index contributed by atoms with van der Waals surface area (Å²) in [5, 5.41) is 0. The largest absolute Gasteiger partial charge is 0.305 e. The third-order valence-corrected chi connectivity index (χ3v) is 3.96. The third kappa shape index (κ3) is 2.60. The molecule has 0 aliphatic heterocycles. The van der Waals surface area contributed by atoms with Crippen LogP contribution in [0.1, 0.15) is 36.0 Å². The number of carbonyl (C=O) groups excluding carboxylic acids is 1. The molecule has 102 valence electrons. The first-order chi connectivity index (χ1) is 9.86. The maximum absolute atomic E-state index is 12.9. The number of hydrogen-bond donors (Lipinski definition) is 0. The second-order valence-corrected chi connectivity index (χ2v) is 5.32. The van der Waals surface area contributed by atoms with Crippen LogP contribution in [-0.4, -0.2) is 11.9 Å². The van der Waals surface area contributed by atoms with E-state index in [1.165, 1.54) is 12.8 Å². The molecule has 0 N–H and O–H groups in total. The first-order valence-corrected chi connectivity index (χ1v) is 7.30. The maximum Gasteiger partial charge on any atom is 0.258 e. The molecule has 0 atom stereocenters. The van der Waals surface area contributed by atoms with Gasteiger partial charge in [-0.25, -0.2) is 0 Å². The summed E-state index contributed by atoms with van der Waals surface area (Å²) in [6.45, 7) is 0.